The van der Waals surface area contributed by atoms with Crippen LogP contribution in [0.4, 0.5) is 4.39 Å². The zero-order valence-corrected chi connectivity index (χ0v) is 10.8. The second-order valence-electron chi connectivity index (χ2n) is 4.71. The molecule has 0 spiro atoms. The third kappa shape index (κ3) is 2.83. The topological polar surface area (TPSA) is 20.2 Å². The summed E-state index contributed by atoms with van der Waals surface area (Å²) in [6, 6.07) is 4.97. The van der Waals surface area contributed by atoms with Gasteiger partial charge in [-0.2, -0.15) is 0 Å². The van der Waals surface area contributed by atoms with Crippen LogP contribution in [0, 0.1) is 5.82 Å². The first-order valence-electron chi connectivity index (χ1n) is 5.75. The molecule has 16 heavy (non-hydrogen) atoms. The van der Waals surface area contributed by atoms with Gasteiger partial charge in [0.1, 0.15) is 5.82 Å². The van der Waals surface area contributed by atoms with Gasteiger partial charge in [-0.25, -0.2) is 4.39 Å². The molecule has 0 bridgehead atoms. The molecule has 0 amide bonds. The third-order valence-electron chi connectivity index (χ3n) is 3.30. The van der Waals surface area contributed by atoms with Crippen LogP contribution in [0.2, 0.25) is 0 Å². The Morgan fingerprint density at radius 1 is 1.25 bits per heavy atom. The van der Waals surface area contributed by atoms with E-state index in [1.807, 2.05) is 0 Å². The molecule has 1 N–H and O–H groups in total. The molecule has 88 valence electrons. The molecule has 1 aliphatic rings. The minimum atomic E-state index is -0.574. The van der Waals surface area contributed by atoms with Gasteiger partial charge < -0.3 is 5.11 Å². The first-order valence-corrected chi connectivity index (χ1v) is 6.55. The smallest absolute Gasteiger partial charge is 0.137 e. The summed E-state index contributed by atoms with van der Waals surface area (Å²) in [4.78, 5) is 0. The molecular formula is C13H16BrFO. The fraction of sp³-hybridized carbons (Fsp3) is 0.538. The highest BCUT2D eigenvalue weighted by Gasteiger charge is 2.29. The van der Waals surface area contributed by atoms with Gasteiger partial charge >= 0.3 is 0 Å². The van der Waals surface area contributed by atoms with E-state index >= 15 is 0 Å². The van der Waals surface area contributed by atoms with Crippen molar-refractivity contribution in [1.82, 2.24) is 0 Å². The number of rotatable bonds is 2. The van der Waals surface area contributed by atoms with Crippen LogP contribution in [0.5, 0.6) is 0 Å². The predicted molar refractivity (Wildman–Crippen MR) is 65.8 cm³/mol. The Labute approximate surface area is 104 Å². The van der Waals surface area contributed by atoms with E-state index in [0.29, 0.717) is 10.9 Å². The van der Waals surface area contributed by atoms with Crippen molar-refractivity contribution in [2.75, 3.05) is 0 Å². The standard InChI is InChI=1S/C13H16BrFO/c14-11-8-10(4-5-12(11)15)9-13(16)6-2-1-3-7-13/h4-5,8,16H,1-3,6-7,9H2. The highest BCUT2D eigenvalue weighted by molar-refractivity contribution is 9.10. The molecule has 0 unspecified atom stereocenters. The van der Waals surface area contributed by atoms with Crippen molar-refractivity contribution in [3.05, 3.63) is 34.1 Å². The first kappa shape index (κ1) is 12.1. The predicted octanol–water partition coefficient (Wildman–Crippen LogP) is 3.83. The van der Waals surface area contributed by atoms with Gasteiger partial charge in [0.05, 0.1) is 10.1 Å². The number of halogens is 2. The molecular weight excluding hydrogens is 271 g/mol. The molecule has 0 heterocycles. The average molecular weight is 287 g/mol. The van der Waals surface area contributed by atoms with E-state index in [1.54, 1.807) is 12.1 Å². The number of benzene rings is 1. The van der Waals surface area contributed by atoms with Gasteiger partial charge in [-0.05, 0) is 46.5 Å². The molecule has 0 radical (unpaired) electrons. The van der Waals surface area contributed by atoms with E-state index in [2.05, 4.69) is 15.9 Å². The Morgan fingerprint density at radius 3 is 2.56 bits per heavy atom. The molecule has 0 aromatic heterocycles. The normalized spacial score (nSPS) is 19.7. The highest BCUT2D eigenvalue weighted by atomic mass is 79.9. The first-order chi connectivity index (χ1) is 7.59. The number of hydrogen-bond donors (Lipinski definition) is 1. The summed E-state index contributed by atoms with van der Waals surface area (Å²) < 4.78 is 13.5. The van der Waals surface area contributed by atoms with Gasteiger partial charge in [-0.15, -0.1) is 0 Å². The molecule has 2 rings (SSSR count). The second-order valence-corrected chi connectivity index (χ2v) is 5.56. The lowest BCUT2D eigenvalue weighted by molar-refractivity contribution is 0.00446. The summed E-state index contributed by atoms with van der Waals surface area (Å²) in [6.45, 7) is 0. The fourth-order valence-corrected chi connectivity index (χ4v) is 2.84. The lowest BCUT2D eigenvalue weighted by Gasteiger charge is -2.32. The summed E-state index contributed by atoms with van der Waals surface area (Å²) in [5.74, 6) is -0.251. The van der Waals surface area contributed by atoms with Crippen LogP contribution in [0.25, 0.3) is 0 Å². The maximum absolute atomic E-state index is 13.1. The molecule has 0 saturated heterocycles. The van der Waals surface area contributed by atoms with E-state index in [4.69, 9.17) is 0 Å². The van der Waals surface area contributed by atoms with E-state index in [1.165, 1.54) is 12.5 Å². The highest BCUT2D eigenvalue weighted by Crippen LogP contribution is 2.31. The SMILES string of the molecule is OC1(Cc2ccc(F)c(Br)c2)CCCCC1. The molecule has 1 saturated carbocycles. The van der Waals surface area contributed by atoms with E-state index in [9.17, 15) is 9.50 Å². The number of aliphatic hydroxyl groups is 1. The number of hydrogen-bond acceptors (Lipinski definition) is 1. The molecule has 0 aliphatic heterocycles. The van der Waals surface area contributed by atoms with Crippen molar-refractivity contribution in [2.45, 2.75) is 44.1 Å². The summed E-state index contributed by atoms with van der Waals surface area (Å²) in [5, 5.41) is 10.4. The van der Waals surface area contributed by atoms with Gasteiger partial charge in [-0.1, -0.05) is 25.3 Å². The zero-order valence-electron chi connectivity index (χ0n) is 9.18. The third-order valence-corrected chi connectivity index (χ3v) is 3.91. The van der Waals surface area contributed by atoms with Gasteiger partial charge in [0.15, 0.2) is 0 Å². The summed E-state index contributed by atoms with van der Waals surface area (Å²) in [7, 11) is 0. The van der Waals surface area contributed by atoms with Gasteiger partial charge in [0.2, 0.25) is 0 Å². The fourth-order valence-electron chi connectivity index (χ4n) is 2.42. The van der Waals surface area contributed by atoms with Crippen LogP contribution in [0.1, 0.15) is 37.7 Å². The molecule has 1 aromatic carbocycles. The van der Waals surface area contributed by atoms with Crippen molar-refractivity contribution < 1.29 is 9.50 Å². The van der Waals surface area contributed by atoms with Crippen molar-refractivity contribution in [3.8, 4) is 0 Å². The van der Waals surface area contributed by atoms with Crippen molar-refractivity contribution in [3.63, 3.8) is 0 Å². The minimum absolute atomic E-state index is 0.251. The van der Waals surface area contributed by atoms with Crippen LogP contribution in [0.15, 0.2) is 22.7 Å². The Bertz CT molecular complexity index is 372. The van der Waals surface area contributed by atoms with E-state index in [0.717, 1.165) is 31.2 Å². The Kier molecular flexibility index (Phi) is 3.65. The molecule has 3 heteroatoms. The van der Waals surface area contributed by atoms with E-state index < -0.39 is 5.60 Å². The van der Waals surface area contributed by atoms with Crippen LogP contribution in [-0.4, -0.2) is 10.7 Å². The molecule has 1 aliphatic carbocycles. The maximum atomic E-state index is 13.1. The van der Waals surface area contributed by atoms with Crippen LogP contribution in [-0.2, 0) is 6.42 Å². The maximum Gasteiger partial charge on any atom is 0.137 e. The zero-order chi connectivity index (χ0) is 11.6. The molecule has 0 atom stereocenters. The summed E-state index contributed by atoms with van der Waals surface area (Å²) in [5.41, 5.74) is 0.424. The molecule has 1 nitrogen and oxygen atoms in total. The Balaban J connectivity index is 2.10. The lowest BCUT2D eigenvalue weighted by Crippen LogP contribution is -2.33. The van der Waals surface area contributed by atoms with Crippen molar-refractivity contribution >= 4 is 15.9 Å². The Morgan fingerprint density at radius 2 is 1.94 bits per heavy atom. The second kappa shape index (κ2) is 4.84. The van der Waals surface area contributed by atoms with Crippen LogP contribution in [0.3, 0.4) is 0 Å². The largest absolute Gasteiger partial charge is 0.390 e. The average Bonchev–Trinajstić information content (AvgIpc) is 2.24. The molecule has 1 aromatic rings. The Hall–Kier alpha value is -0.410. The monoisotopic (exact) mass is 286 g/mol. The van der Waals surface area contributed by atoms with Crippen LogP contribution < -0.4 is 0 Å². The van der Waals surface area contributed by atoms with Gasteiger partial charge in [-0.3, -0.25) is 0 Å². The van der Waals surface area contributed by atoms with Crippen molar-refractivity contribution in [2.24, 2.45) is 0 Å². The van der Waals surface area contributed by atoms with Gasteiger partial charge in [0, 0.05) is 6.42 Å². The van der Waals surface area contributed by atoms with Crippen LogP contribution >= 0.6 is 15.9 Å². The quantitative estimate of drug-likeness (QED) is 0.876. The van der Waals surface area contributed by atoms with Crippen molar-refractivity contribution in [1.29, 1.82) is 0 Å². The summed E-state index contributed by atoms with van der Waals surface area (Å²) >= 11 is 3.17. The summed E-state index contributed by atoms with van der Waals surface area (Å²) in [6.07, 6.45) is 5.77. The van der Waals surface area contributed by atoms with E-state index in [-0.39, 0.29) is 5.82 Å². The minimum Gasteiger partial charge on any atom is -0.390 e. The lowest BCUT2D eigenvalue weighted by atomic mass is 9.80. The van der Waals surface area contributed by atoms with Gasteiger partial charge in [0.25, 0.3) is 0 Å². The molecule has 1 fully saturated rings.